The van der Waals surface area contributed by atoms with Gasteiger partial charge in [0.2, 0.25) is 0 Å². The molecule has 0 atom stereocenters. The molecule has 0 N–H and O–H groups in total. The lowest BCUT2D eigenvalue weighted by Gasteiger charge is -2.26. The summed E-state index contributed by atoms with van der Waals surface area (Å²) >= 11 is 0. The molecular formula is C70H104. The standard InChI is InChI=1S/C16H26.C15H24.C13H20.C10H14.C9H12.C7H8/c1-10(2)14-8-15(11(3)4)13(7)16(9-14)12(5)6;1-11-8-9-12(14(2,3)4)10-13(11)15(5,6)7;1-9(2)12-7-6-11(5)13(8-12)10(3)4;1-7-5-8(2)10(4)9(3)6-7;1-7-4-5-8(2)9(3)6-7;1-7-5-3-2-4-6-7/h8-12H,1-7H3;8-10H,1-7H3;6-10H,1-5H3;5-6H,1-4H3;4-6H,1-3H3;2-6H,1H3. The lowest BCUT2D eigenvalue weighted by Crippen LogP contribution is -2.17. The average Bonchev–Trinajstić information content (AvgIpc) is 3.24. The van der Waals surface area contributed by atoms with Crippen molar-refractivity contribution in [2.75, 3.05) is 0 Å². The van der Waals surface area contributed by atoms with Gasteiger partial charge in [-0.25, -0.2) is 0 Å². The molecule has 6 rings (SSSR count). The molecule has 0 aliphatic rings. The molecule has 6 aromatic rings. The fourth-order valence-corrected chi connectivity index (χ4v) is 8.53. The van der Waals surface area contributed by atoms with Crippen molar-refractivity contribution >= 4 is 0 Å². The van der Waals surface area contributed by atoms with Crippen molar-refractivity contribution in [2.45, 2.75) is 227 Å². The first kappa shape index (κ1) is 63.3. The molecule has 0 spiro atoms. The highest BCUT2D eigenvalue weighted by Crippen LogP contribution is 2.33. The Labute approximate surface area is 434 Å². The van der Waals surface area contributed by atoms with Gasteiger partial charge in [-0.05, 0) is 200 Å². The van der Waals surface area contributed by atoms with Crippen molar-refractivity contribution in [1.82, 2.24) is 0 Å². The van der Waals surface area contributed by atoms with Gasteiger partial charge in [-0.3, -0.25) is 0 Å². The van der Waals surface area contributed by atoms with Crippen LogP contribution in [0, 0.1) is 76.2 Å². The molecule has 0 aromatic heterocycles. The highest BCUT2D eigenvalue weighted by molar-refractivity contribution is 5.43. The molecule has 0 heteroatoms. The number of hydrogen-bond donors (Lipinski definition) is 0. The summed E-state index contributed by atoms with van der Waals surface area (Å²) in [7, 11) is 0. The molecule has 0 amide bonds. The van der Waals surface area contributed by atoms with Crippen LogP contribution in [-0.4, -0.2) is 0 Å². The summed E-state index contributed by atoms with van der Waals surface area (Å²) in [5.41, 5.74) is 26.2. The molecule has 0 nitrogen and oxygen atoms in total. The molecule has 0 fully saturated rings. The third-order valence-electron chi connectivity index (χ3n) is 13.6. The second-order valence-electron chi connectivity index (χ2n) is 24.0. The molecule has 0 aliphatic carbocycles. The van der Waals surface area contributed by atoms with Crippen molar-refractivity contribution < 1.29 is 0 Å². The van der Waals surface area contributed by atoms with Gasteiger partial charge < -0.3 is 0 Å². The summed E-state index contributed by atoms with van der Waals surface area (Å²) in [6, 6.07) is 39.7. The van der Waals surface area contributed by atoms with Crippen LogP contribution in [0.4, 0.5) is 0 Å². The fraction of sp³-hybridized carbons (Fsp3) is 0.486. The molecule has 0 saturated heterocycles. The Balaban J connectivity index is 0.000000428. The van der Waals surface area contributed by atoms with Gasteiger partial charge in [0.1, 0.15) is 0 Å². The summed E-state index contributed by atoms with van der Waals surface area (Å²) in [4.78, 5) is 0. The Hall–Kier alpha value is -4.68. The predicted molar refractivity (Wildman–Crippen MR) is 319 cm³/mol. The Morgan fingerprint density at radius 3 is 1.09 bits per heavy atom. The van der Waals surface area contributed by atoms with Crippen LogP contribution in [-0.2, 0) is 10.8 Å². The first-order valence-corrected chi connectivity index (χ1v) is 26.7. The summed E-state index contributed by atoms with van der Waals surface area (Å²) < 4.78 is 0. The molecule has 0 unspecified atom stereocenters. The van der Waals surface area contributed by atoms with E-state index in [4.69, 9.17) is 0 Å². The quantitative estimate of drug-likeness (QED) is 0.162. The lowest BCUT2D eigenvalue weighted by atomic mass is 9.79. The molecular weight excluding hydrogens is 841 g/mol. The molecule has 384 valence electrons. The number of benzene rings is 6. The van der Waals surface area contributed by atoms with E-state index in [-0.39, 0.29) is 10.8 Å². The first-order chi connectivity index (χ1) is 32.2. The van der Waals surface area contributed by atoms with Crippen LogP contribution in [0.2, 0.25) is 0 Å². The SMILES string of the molecule is Cc1c(C(C)C)cc(C(C)C)cc1C(C)C.Cc1cc(C)c(C)c(C)c1.Cc1ccc(C(C)(C)C)cc1C(C)(C)C.Cc1ccc(C(C)C)cc1C(C)C.Cc1ccc(C)c(C)c1.Cc1ccccc1. The maximum atomic E-state index is 2.40. The van der Waals surface area contributed by atoms with Gasteiger partial charge in [-0.15, -0.1) is 0 Å². The minimum absolute atomic E-state index is 0.241. The fourth-order valence-electron chi connectivity index (χ4n) is 8.53. The van der Waals surface area contributed by atoms with E-state index in [1.807, 2.05) is 18.2 Å². The smallest absolute Gasteiger partial charge is 0.0129 e. The van der Waals surface area contributed by atoms with E-state index in [9.17, 15) is 0 Å². The van der Waals surface area contributed by atoms with Crippen LogP contribution in [0.3, 0.4) is 0 Å². The van der Waals surface area contributed by atoms with Gasteiger partial charge in [0.25, 0.3) is 0 Å². The van der Waals surface area contributed by atoms with Crippen molar-refractivity contribution in [3.8, 4) is 0 Å². The summed E-state index contributed by atoms with van der Waals surface area (Å²) in [5, 5.41) is 0. The molecule has 70 heavy (non-hydrogen) atoms. The van der Waals surface area contributed by atoms with Crippen LogP contribution < -0.4 is 0 Å². The molecule has 0 saturated carbocycles. The molecule has 6 aromatic carbocycles. The third kappa shape index (κ3) is 21.8. The highest BCUT2D eigenvalue weighted by atomic mass is 14.3. The van der Waals surface area contributed by atoms with Crippen LogP contribution in [0.1, 0.15) is 241 Å². The van der Waals surface area contributed by atoms with Crippen LogP contribution in [0.25, 0.3) is 0 Å². The Morgan fingerprint density at radius 1 is 0.286 bits per heavy atom. The van der Waals surface area contributed by atoms with E-state index in [0.717, 1.165) is 0 Å². The molecule has 0 bridgehead atoms. The van der Waals surface area contributed by atoms with Gasteiger partial charge in [0, 0.05) is 0 Å². The summed E-state index contributed by atoms with van der Waals surface area (Å²) in [6.07, 6.45) is 0. The van der Waals surface area contributed by atoms with Crippen LogP contribution in [0.15, 0.2) is 109 Å². The van der Waals surface area contributed by atoms with Gasteiger partial charge >= 0.3 is 0 Å². The minimum Gasteiger partial charge on any atom is -0.0622 e. The average molecular weight is 946 g/mol. The van der Waals surface area contributed by atoms with E-state index in [2.05, 4.69) is 278 Å². The monoisotopic (exact) mass is 945 g/mol. The van der Waals surface area contributed by atoms with Gasteiger partial charge in [0.15, 0.2) is 0 Å². The van der Waals surface area contributed by atoms with Crippen molar-refractivity contribution in [1.29, 1.82) is 0 Å². The highest BCUT2D eigenvalue weighted by Gasteiger charge is 2.20. The number of hydrogen-bond acceptors (Lipinski definition) is 0. The second kappa shape index (κ2) is 29.0. The summed E-state index contributed by atoms with van der Waals surface area (Å²) in [5.74, 6) is 3.14. The van der Waals surface area contributed by atoms with Gasteiger partial charge in [0.05, 0.1) is 0 Å². The maximum Gasteiger partial charge on any atom is -0.0129 e. The van der Waals surface area contributed by atoms with Crippen molar-refractivity contribution in [2.24, 2.45) is 0 Å². The topological polar surface area (TPSA) is 0 Å². The van der Waals surface area contributed by atoms with E-state index in [1.165, 1.54) is 100 Å². The number of aryl methyl sites for hydroxylation is 9. The van der Waals surface area contributed by atoms with E-state index >= 15 is 0 Å². The Bertz CT molecular complexity index is 2410. The van der Waals surface area contributed by atoms with Crippen molar-refractivity contribution in [3.63, 3.8) is 0 Å². The largest absolute Gasteiger partial charge is 0.0622 e. The molecule has 0 aliphatic heterocycles. The van der Waals surface area contributed by atoms with Gasteiger partial charge in [-0.1, -0.05) is 237 Å². The summed E-state index contributed by atoms with van der Waals surface area (Å²) in [6.45, 7) is 60.1. The zero-order valence-electron chi connectivity index (χ0n) is 50.3. The van der Waals surface area contributed by atoms with E-state index in [1.54, 1.807) is 0 Å². The second-order valence-corrected chi connectivity index (χ2v) is 24.0. The zero-order valence-corrected chi connectivity index (χ0v) is 50.3. The Kier molecular flexibility index (Phi) is 26.2. The van der Waals surface area contributed by atoms with Crippen LogP contribution >= 0.6 is 0 Å². The minimum atomic E-state index is 0.241. The van der Waals surface area contributed by atoms with E-state index < -0.39 is 0 Å². The zero-order chi connectivity index (χ0) is 54.0. The normalized spacial score (nSPS) is 11.1. The molecule has 0 heterocycles. The van der Waals surface area contributed by atoms with Crippen LogP contribution in [0.5, 0.6) is 0 Å². The predicted octanol–water partition coefficient (Wildman–Crippen LogP) is 21.7. The van der Waals surface area contributed by atoms with Gasteiger partial charge in [-0.2, -0.15) is 0 Å². The maximum absolute atomic E-state index is 2.40. The molecule has 0 radical (unpaired) electrons. The van der Waals surface area contributed by atoms with Crippen molar-refractivity contribution in [3.05, 3.63) is 209 Å². The first-order valence-electron chi connectivity index (χ1n) is 26.7. The van der Waals surface area contributed by atoms with E-state index in [0.29, 0.717) is 29.6 Å². The lowest BCUT2D eigenvalue weighted by molar-refractivity contribution is 0.566. The number of rotatable bonds is 5. The Morgan fingerprint density at radius 2 is 0.714 bits per heavy atom. The third-order valence-corrected chi connectivity index (χ3v) is 13.6.